The molecule has 1 aliphatic rings. The lowest BCUT2D eigenvalue weighted by Gasteiger charge is -2.42. The molecule has 1 saturated heterocycles. The van der Waals surface area contributed by atoms with E-state index >= 15 is 0 Å². The van der Waals surface area contributed by atoms with Gasteiger partial charge in [0.15, 0.2) is 0 Å². The van der Waals surface area contributed by atoms with Crippen LogP contribution in [0.2, 0.25) is 0 Å². The van der Waals surface area contributed by atoms with Crippen LogP contribution in [-0.2, 0) is 0 Å². The van der Waals surface area contributed by atoms with Crippen molar-refractivity contribution in [1.29, 1.82) is 0 Å². The first-order valence-corrected chi connectivity index (χ1v) is 7.69. The second-order valence-corrected chi connectivity index (χ2v) is 7.08. The molecule has 0 spiro atoms. The summed E-state index contributed by atoms with van der Waals surface area (Å²) in [6, 6.07) is 4.07. The Hall–Kier alpha value is -0.560. The summed E-state index contributed by atoms with van der Waals surface area (Å²) < 4.78 is 6.41. The maximum absolute atomic E-state index is 5.25. The molecule has 2 heterocycles. The van der Waals surface area contributed by atoms with Crippen LogP contribution in [0.5, 0.6) is 5.88 Å². The molecule has 5 heteroatoms. The van der Waals surface area contributed by atoms with Gasteiger partial charge in [-0.1, -0.05) is 0 Å². The summed E-state index contributed by atoms with van der Waals surface area (Å²) in [7, 11) is 1.67. The fraction of sp³-hybridized carbons (Fsp3) is 0.643. The Bertz CT molecular complexity index is 437. The average Bonchev–Trinajstić information content (AvgIpc) is 2.37. The zero-order valence-electron chi connectivity index (χ0n) is 12.1. The number of anilines is 1. The van der Waals surface area contributed by atoms with E-state index < -0.39 is 0 Å². The maximum atomic E-state index is 5.25. The second kappa shape index (κ2) is 5.83. The highest BCUT2D eigenvalue weighted by molar-refractivity contribution is 14.1. The molecule has 4 nitrogen and oxygen atoms in total. The first kappa shape index (κ1) is 14.8. The van der Waals surface area contributed by atoms with Gasteiger partial charge in [-0.25, -0.2) is 0 Å². The van der Waals surface area contributed by atoms with Crippen LogP contribution in [0, 0.1) is 3.57 Å². The lowest BCUT2D eigenvalue weighted by Crippen LogP contribution is -2.53. The van der Waals surface area contributed by atoms with Crippen LogP contribution in [0.3, 0.4) is 0 Å². The van der Waals surface area contributed by atoms with Crippen molar-refractivity contribution in [3.8, 4) is 5.88 Å². The Balaban J connectivity index is 2.07. The Morgan fingerprint density at radius 1 is 1.16 bits per heavy atom. The van der Waals surface area contributed by atoms with Gasteiger partial charge in [-0.3, -0.25) is 4.90 Å². The van der Waals surface area contributed by atoms with Crippen molar-refractivity contribution >= 4 is 28.4 Å². The summed E-state index contributed by atoms with van der Waals surface area (Å²) in [6.07, 6.45) is 0. The van der Waals surface area contributed by atoms with E-state index in [2.05, 4.69) is 64.2 Å². The third-order valence-corrected chi connectivity index (χ3v) is 4.14. The van der Waals surface area contributed by atoms with Crippen LogP contribution in [0.4, 0.5) is 5.82 Å². The minimum Gasteiger partial charge on any atom is -0.481 e. The minimum absolute atomic E-state index is 0.252. The number of aromatic nitrogens is 1. The number of methoxy groups -OCH3 is 1. The van der Waals surface area contributed by atoms with Crippen LogP contribution in [0.15, 0.2) is 12.1 Å². The molecule has 0 aliphatic carbocycles. The van der Waals surface area contributed by atoms with E-state index in [0.29, 0.717) is 5.88 Å². The van der Waals surface area contributed by atoms with E-state index in [0.717, 1.165) is 35.6 Å². The molecule has 19 heavy (non-hydrogen) atoms. The lowest BCUT2D eigenvalue weighted by molar-refractivity contribution is 0.128. The quantitative estimate of drug-likeness (QED) is 0.744. The summed E-state index contributed by atoms with van der Waals surface area (Å²) in [5.41, 5.74) is 0.252. The van der Waals surface area contributed by atoms with Gasteiger partial charge in [0, 0.05) is 41.4 Å². The molecule has 0 saturated carbocycles. The summed E-state index contributed by atoms with van der Waals surface area (Å²) in [4.78, 5) is 9.41. The third-order valence-electron chi connectivity index (χ3n) is 3.51. The fourth-order valence-corrected chi connectivity index (χ4v) is 2.88. The zero-order chi connectivity index (χ0) is 14.0. The van der Waals surface area contributed by atoms with Gasteiger partial charge in [0.25, 0.3) is 0 Å². The monoisotopic (exact) mass is 375 g/mol. The van der Waals surface area contributed by atoms with E-state index in [1.807, 2.05) is 6.07 Å². The van der Waals surface area contributed by atoms with Gasteiger partial charge in [-0.05, 0) is 49.4 Å². The van der Waals surface area contributed by atoms with Crippen molar-refractivity contribution in [3.63, 3.8) is 0 Å². The highest BCUT2D eigenvalue weighted by atomic mass is 127. The number of hydrogen-bond acceptors (Lipinski definition) is 4. The van der Waals surface area contributed by atoms with Gasteiger partial charge in [-0.2, -0.15) is 4.98 Å². The largest absolute Gasteiger partial charge is 0.481 e. The topological polar surface area (TPSA) is 28.6 Å². The molecule has 0 bridgehead atoms. The average molecular weight is 375 g/mol. The van der Waals surface area contributed by atoms with Crippen molar-refractivity contribution in [1.82, 2.24) is 9.88 Å². The van der Waals surface area contributed by atoms with E-state index in [-0.39, 0.29) is 5.54 Å². The Morgan fingerprint density at radius 3 is 2.32 bits per heavy atom. The van der Waals surface area contributed by atoms with Gasteiger partial charge < -0.3 is 9.64 Å². The lowest BCUT2D eigenvalue weighted by atomic mass is 10.1. The normalized spacial score (nSPS) is 17.6. The summed E-state index contributed by atoms with van der Waals surface area (Å²) in [6.45, 7) is 11.0. The van der Waals surface area contributed by atoms with Crippen molar-refractivity contribution in [3.05, 3.63) is 15.7 Å². The molecule has 1 aromatic heterocycles. The van der Waals surface area contributed by atoms with Crippen LogP contribution in [-0.4, -0.2) is 48.7 Å². The molecule has 0 unspecified atom stereocenters. The molecule has 0 radical (unpaired) electrons. The molecule has 1 aliphatic heterocycles. The SMILES string of the molecule is COc1cc(I)cc(N2CCN(C(C)(C)C)CC2)n1. The van der Waals surface area contributed by atoms with E-state index in [9.17, 15) is 0 Å². The number of pyridine rings is 1. The maximum Gasteiger partial charge on any atom is 0.215 e. The number of nitrogens with zero attached hydrogens (tertiary/aromatic N) is 3. The number of hydrogen-bond donors (Lipinski definition) is 0. The highest BCUT2D eigenvalue weighted by Gasteiger charge is 2.26. The molecular formula is C14H22IN3O. The van der Waals surface area contributed by atoms with E-state index in [1.165, 1.54) is 0 Å². The number of halogens is 1. The number of piperazine rings is 1. The minimum atomic E-state index is 0.252. The first-order valence-electron chi connectivity index (χ1n) is 6.62. The zero-order valence-corrected chi connectivity index (χ0v) is 14.3. The third kappa shape index (κ3) is 3.72. The van der Waals surface area contributed by atoms with Crippen molar-refractivity contribution in [2.75, 3.05) is 38.2 Å². The molecular weight excluding hydrogens is 353 g/mol. The standard InChI is InChI=1S/C14H22IN3O/c1-14(2,3)18-7-5-17(6-8-18)12-9-11(15)10-13(16-12)19-4/h9-10H,5-8H2,1-4H3. The van der Waals surface area contributed by atoms with Crippen LogP contribution in [0.1, 0.15) is 20.8 Å². The molecule has 0 aromatic carbocycles. The Labute approximate surface area is 129 Å². The van der Waals surface area contributed by atoms with Gasteiger partial charge in [0.05, 0.1) is 7.11 Å². The summed E-state index contributed by atoms with van der Waals surface area (Å²) >= 11 is 2.31. The molecule has 1 aromatic rings. The Morgan fingerprint density at radius 2 is 1.79 bits per heavy atom. The van der Waals surface area contributed by atoms with Gasteiger partial charge in [0.2, 0.25) is 5.88 Å². The number of rotatable bonds is 2. The number of ether oxygens (including phenoxy) is 1. The van der Waals surface area contributed by atoms with Crippen molar-refractivity contribution < 1.29 is 4.74 Å². The molecule has 0 N–H and O–H groups in total. The van der Waals surface area contributed by atoms with E-state index in [1.54, 1.807) is 7.11 Å². The first-order chi connectivity index (χ1) is 8.90. The van der Waals surface area contributed by atoms with Crippen LogP contribution >= 0.6 is 22.6 Å². The Kier molecular flexibility index (Phi) is 4.55. The smallest absolute Gasteiger partial charge is 0.215 e. The van der Waals surface area contributed by atoms with Gasteiger partial charge in [-0.15, -0.1) is 0 Å². The van der Waals surface area contributed by atoms with Crippen LogP contribution < -0.4 is 9.64 Å². The molecule has 1 fully saturated rings. The summed E-state index contributed by atoms with van der Waals surface area (Å²) in [5, 5.41) is 0. The molecule has 106 valence electrons. The molecule has 2 rings (SSSR count). The fourth-order valence-electron chi connectivity index (χ4n) is 2.33. The second-order valence-electron chi connectivity index (χ2n) is 5.83. The summed E-state index contributed by atoms with van der Waals surface area (Å²) in [5.74, 6) is 1.72. The highest BCUT2D eigenvalue weighted by Crippen LogP contribution is 2.23. The van der Waals surface area contributed by atoms with Crippen molar-refractivity contribution in [2.24, 2.45) is 0 Å². The predicted octanol–water partition coefficient (Wildman–Crippen LogP) is 2.62. The predicted molar refractivity (Wildman–Crippen MR) is 87.0 cm³/mol. The molecule has 0 amide bonds. The van der Waals surface area contributed by atoms with Gasteiger partial charge >= 0.3 is 0 Å². The van der Waals surface area contributed by atoms with Crippen molar-refractivity contribution in [2.45, 2.75) is 26.3 Å². The molecule has 0 atom stereocenters. The van der Waals surface area contributed by atoms with E-state index in [4.69, 9.17) is 4.74 Å². The van der Waals surface area contributed by atoms with Gasteiger partial charge in [0.1, 0.15) is 5.82 Å². The van der Waals surface area contributed by atoms with Crippen LogP contribution in [0.25, 0.3) is 0 Å².